The molecular weight excluding hydrogens is 328 g/mol. The number of carbonyl (C=O) groups excluding carboxylic acids is 1. The minimum atomic E-state index is -0.195. The Morgan fingerprint density at radius 2 is 1.85 bits per heavy atom. The third kappa shape index (κ3) is 3.53. The van der Waals surface area contributed by atoms with Crippen molar-refractivity contribution in [3.05, 3.63) is 53.6 Å². The van der Waals surface area contributed by atoms with Crippen molar-refractivity contribution in [1.29, 1.82) is 0 Å². The van der Waals surface area contributed by atoms with Gasteiger partial charge in [-0.2, -0.15) is 0 Å². The molecule has 2 aromatic carbocycles. The average Bonchev–Trinajstić information content (AvgIpc) is 2.67. The standard InChI is InChI=1S/C21H26N2O3/c1-15-7-5-6-8-17(15)14-22-11-12-23(21(24)16(22)2)19-13-18(25-3)9-10-20(19)26-4/h5-10,13,16H,11-12,14H2,1-4H3. The summed E-state index contributed by atoms with van der Waals surface area (Å²) < 4.78 is 10.8. The summed E-state index contributed by atoms with van der Waals surface area (Å²) in [5, 5.41) is 0. The fourth-order valence-electron chi connectivity index (χ4n) is 3.38. The second-order valence-corrected chi connectivity index (χ2v) is 6.60. The van der Waals surface area contributed by atoms with Crippen molar-refractivity contribution in [2.24, 2.45) is 0 Å². The van der Waals surface area contributed by atoms with Gasteiger partial charge in [0, 0.05) is 25.7 Å². The molecule has 1 aliphatic rings. The van der Waals surface area contributed by atoms with E-state index in [4.69, 9.17) is 9.47 Å². The van der Waals surface area contributed by atoms with Crippen molar-refractivity contribution in [2.75, 3.05) is 32.2 Å². The summed E-state index contributed by atoms with van der Waals surface area (Å²) in [6.07, 6.45) is 0. The number of nitrogens with zero attached hydrogens (tertiary/aromatic N) is 2. The van der Waals surface area contributed by atoms with Gasteiger partial charge in [-0.15, -0.1) is 0 Å². The van der Waals surface area contributed by atoms with Gasteiger partial charge in [0.05, 0.1) is 25.9 Å². The fraction of sp³-hybridized carbons (Fsp3) is 0.381. The van der Waals surface area contributed by atoms with Crippen molar-refractivity contribution < 1.29 is 14.3 Å². The van der Waals surface area contributed by atoms with Crippen LogP contribution in [0.3, 0.4) is 0 Å². The Hall–Kier alpha value is -2.53. The van der Waals surface area contributed by atoms with Gasteiger partial charge in [-0.25, -0.2) is 0 Å². The molecular formula is C21H26N2O3. The molecule has 0 spiro atoms. The van der Waals surface area contributed by atoms with Crippen LogP contribution in [0.1, 0.15) is 18.1 Å². The highest BCUT2D eigenvalue weighted by Crippen LogP contribution is 2.34. The summed E-state index contributed by atoms with van der Waals surface area (Å²) in [7, 11) is 3.24. The minimum absolute atomic E-state index is 0.0800. The molecule has 0 saturated carbocycles. The highest BCUT2D eigenvalue weighted by molar-refractivity contribution is 5.99. The maximum atomic E-state index is 13.1. The first kappa shape index (κ1) is 18.3. The van der Waals surface area contributed by atoms with Gasteiger partial charge in [-0.1, -0.05) is 24.3 Å². The van der Waals surface area contributed by atoms with E-state index in [0.29, 0.717) is 18.0 Å². The van der Waals surface area contributed by atoms with Crippen LogP contribution in [0.15, 0.2) is 42.5 Å². The van der Waals surface area contributed by atoms with E-state index in [1.165, 1.54) is 11.1 Å². The summed E-state index contributed by atoms with van der Waals surface area (Å²) in [4.78, 5) is 17.1. The number of anilines is 1. The molecule has 5 heteroatoms. The zero-order chi connectivity index (χ0) is 18.7. The zero-order valence-corrected chi connectivity index (χ0v) is 15.9. The molecule has 0 N–H and O–H groups in total. The normalized spacial score (nSPS) is 18.1. The average molecular weight is 354 g/mol. The Balaban J connectivity index is 1.81. The molecule has 1 atom stereocenters. The third-order valence-electron chi connectivity index (χ3n) is 5.09. The first-order chi connectivity index (χ1) is 12.5. The van der Waals surface area contributed by atoms with Crippen LogP contribution in [0.25, 0.3) is 0 Å². The Morgan fingerprint density at radius 1 is 1.08 bits per heavy atom. The van der Waals surface area contributed by atoms with Gasteiger partial charge in [0.25, 0.3) is 0 Å². The van der Waals surface area contributed by atoms with E-state index in [9.17, 15) is 4.79 Å². The summed E-state index contributed by atoms with van der Waals surface area (Å²) in [6, 6.07) is 13.7. The van der Waals surface area contributed by atoms with Crippen LogP contribution >= 0.6 is 0 Å². The molecule has 1 heterocycles. The van der Waals surface area contributed by atoms with E-state index in [1.807, 2.05) is 37.3 Å². The molecule has 1 unspecified atom stereocenters. The number of hydrogen-bond donors (Lipinski definition) is 0. The smallest absolute Gasteiger partial charge is 0.244 e. The molecule has 3 rings (SSSR count). The van der Waals surface area contributed by atoms with Crippen LogP contribution in [0.4, 0.5) is 5.69 Å². The maximum Gasteiger partial charge on any atom is 0.244 e. The molecule has 1 saturated heterocycles. The number of rotatable bonds is 5. The molecule has 1 fully saturated rings. The topological polar surface area (TPSA) is 42.0 Å². The van der Waals surface area contributed by atoms with Gasteiger partial charge in [0.15, 0.2) is 0 Å². The lowest BCUT2D eigenvalue weighted by Gasteiger charge is -2.39. The summed E-state index contributed by atoms with van der Waals surface area (Å²) in [5.41, 5.74) is 3.28. The Labute approximate surface area is 155 Å². The van der Waals surface area contributed by atoms with Crippen LogP contribution in [0, 0.1) is 6.92 Å². The molecule has 26 heavy (non-hydrogen) atoms. The van der Waals surface area contributed by atoms with E-state index >= 15 is 0 Å². The zero-order valence-electron chi connectivity index (χ0n) is 15.9. The lowest BCUT2D eigenvalue weighted by Crippen LogP contribution is -2.55. The van der Waals surface area contributed by atoms with Crippen molar-refractivity contribution in [3.63, 3.8) is 0 Å². The molecule has 1 aliphatic heterocycles. The number of carbonyl (C=O) groups is 1. The molecule has 5 nitrogen and oxygen atoms in total. The molecule has 0 radical (unpaired) electrons. The monoisotopic (exact) mass is 354 g/mol. The van der Waals surface area contributed by atoms with E-state index in [1.54, 1.807) is 19.1 Å². The van der Waals surface area contributed by atoms with Crippen molar-refractivity contribution in [3.8, 4) is 11.5 Å². The van der Waals surface area contributed by atoms with E-state index in [-0.39, 0.29) is 11.9 Å². The second-order valence-electron chi connectivity index (χ2n) is 6.60. The van der Waals surface area contributed by atoms with Crippen molar-refractivity contribution in [2.45, 2.75) is 26.4 Å². The molecule has 138 valence electrons. The van der Waals surface area contributed by atoms with E-state index in [0.717, 1.165) is 18.8 Å². The van der Waals surface area contributed by atoms with Crippen molar-refractivity contribution >= 4 is 11.6 Å². The van der Waals surface area contributed by atoms with Crippen LogP contribution < -0.4 is 14.4 Å². The highest BCUT2D eigenvalue weighted by atomic mass is 16.5. The molecule has 2 aromatic rings. The minimum Gasteiger partial charge on any atom is -0.497 e. The number of piperazine rings is 1. The molecule has 0 bridgehead atoms. The first-order valence-electron chi connectivity index (χ1n) is 8.87. The largest absolute Gasteiger partial charge is 0.497 e. The predicted molar refractivity (Wildman–Crippen MR) is 103 cm³/mol. The lowest BCUT2D eigenvalue weighted by molar-refractivity contribution is -0.125. The Morgan fingerprint density at radius 3 is 2.54 bits per heavy atom. The quantitative estimate of drug-likeness (QED) is 0.827. The predicted octanol–water partition coefficient (Wildman–Crippen LogP) is 3.25. The number of ether oxygens (including phenoxy) is 2. The third-order valence-corrected chi connectivity index (χ3v) is 5.09. The summed E-state index contributed by atoms with van der Waals surface area (Å²) >= 11 is 0. The summed E-state index contributed by atoms with van der Waals surface area (Å²) in [6.45, 7) is 6.29. The van der Waals surface area contributed by atoms with Gasteiger partial charge in [-0.3, -0.25) is 9.69 Å². The lowest BCUT2D eigenvalue weighted by atomic mass is 10.1. The van der Waals surface area contributed by atoms with Crippen molar-refractivity contribution in [1.82, 2.24) is 4.90 Å². The van der Waals surface area contributed by atoms with Crippen LogP contribution in [-0.4, -0.2) is 44.2 Å². The second kappa shape index (κ2) is 7.79. The van der Waals surface area contributed by atoms with Gasteiger partial charge >= 0.3 is 0 Å². The first-order valence-corrected chi connectivity index (χ1v) is 8.87. The van der Waals surface area contributed by atoms with Gasteiger partial charge in [0.2, 0.25) is 5.91 Å². The number of amides is 1. The van der Waals surface area contributed by atoms with Crippen LogP contribution in [0.5, 0.6) is 11.5 Å². The Kier molecular flexibility index (Phi) is 5.47. The Bertz CT molecular complexity index is 791. The number of aryl methyl sites for hydroxylation is 1. The van der Waals surface area contributed by atoms with Gasteiger partial charge in [-0.05, 0) is 37.1 Å². The molecule has 0 aliphatic carbocycles. The van der Waals surface area contributed by atoms with Crippen LogP contribution in [0.2, 0.25) is 0 Å². The molecule has 1 amide bonds. The molecule has 0 aromatic heterocycles. The maximum absolute atomic E-state index is 13.1. The van der Waals surface area contributed by atoms with E-state index in [2.05, 4.69) is 24.0 Å². The van der Waals surface area contributed by atoms with Gasteiger partial charge < -0.3 is 14.4 Å². The number of benzene rings is 2. The fourth-order valence-corrected chi connectivity index (χ4v) is 3.38. The highest BCUT2D eigenvalue weighted by Gasteiger charge is 2.33. The summed E-state index contributed by atoms with van der Waals surface area (Å²) in [5.74, 6) is 1.47. The van der Waals surface area contributed by atoms with Gasteiger partial charge in [0.1, 0.15) is 11.5 Å². The van der Waals surface area contributed by atoms with E-state index < -0.39 is 0 Å². The van der Waals surface area contributed by atoms with Crippen LogP contribution in [-0.2, 0) is 11.3 Å². The number of methoxy groups -OCH3 is 2. The SMILES string of the molecule is COc1ccc(OC)c(N2CCN(Cc3ccccc3C)C(C)C2=O)c1. The number of hydrogen-bond acceptors (Lipinski definition) is 4.